The van der Waals surface area contributed by atoms with Gasteiger partial charge in [-0.2, -0.15) is 0 Å². The predicted octanol–water partition coefficient (Wildman–Crippen LogP) is 4.41. The lowest BCUT2D eigenvalue weighted by atomic mass is 10.0. The highest BCUT2D eigenvalue weighted by atomic mass is 35.5. The number of piperidine rings is 1. The van der Waals surface area contributed by atoms with E-state index in [-0.39, 0.29) is 10.9 Å². The zero-order valence-electron chi connectivity index (χ0n) is 14.4. The van der Waals surface area contributed by atoms with Crippen LogP contribution >= 0.6 is 11.6 Å². The normalized spacial score (nSPS) is 20.5. The van der Waals surface area contributed by atoms with E-state index >= 15 is 0 Å². The first-order valence-corrected chi connectivity index (χ1v) is 10.7. The van der Waals surface area contributed by atoms with E-state index < -0.39 is 10.0 Å². The first-order valence-electron chi connectivity index (χ1n) is 8.89. The predicted molar refractivity (Wildman–Crippen MR) is 103 cm³/mol. The average Bonchev–Trinajstić information content (AvgIpc) is 2.63. The number of hydrogen-bond acceptors (Lipinski definition) is 3. The van der Waals surface area contributed by atoms with E-state index in [2.05, 4.69) is 11.0 Å². The van der Waals surface area contributed by atoms with Crippen molar-refractivity contribution in [1.29, 1.82) is 0 Å². The highest BCUT2D eigenvalue weighted by Crippen LogP contribution is 2.42. The van der Waals surface area contributed by atoms with Crippen LogP contribution in [-0.4, -0.2) is 30.7 Å². The molecule has 2 aliphatic rings. The molecule has 0 amide bonds. The molecule has 0 aliphatic carbocycles. The third-order valence-electron chi connectivity index (χ3n) is 4.98. The monoisotopic (exact) mass is 388 g/mol. The van der Waals surface area contributed by atoms with E-state index in [9.17, 15) is 8.42 Å². The third-order valence-corrected chi connectivity index (χ3v) is 7.03. The summed E-state index contributed by atoms with van der Waals surface area (Å²) in [5.41, 5.74) is 0.978. The minimum Gasteiger partial charge on any atom is -0.358 e. The maximum absolute atomic E-state index is 13.4. The Kier molecular flexibility index (Phi) is 4.67. The molecular formula is C20H21ClN2O2S. The van der Waals surface area contributed by atoms with E-state index in [0.29, 0.717) is 5.02 Å². The zero-order valence-corrected chi connectivity index (χ0v) is 16.0. The first kappa shape index (κ1) is 17.4. The number of rotatable bonds is 4. The maximum Gasteiger partial charge on any atom is 0.266 e. The summed E-state index contributed by atoms with van der Waals surface area (Å²) >= 11 is 5.94. The van der Waals surface area contributed by atoms with Crippen molar-refractivity contribution >= 4 is 21.6 Å². The van der Waals surface area contributed by atoms with Gasteiger partial charge in [0.05, 0.1) is 10.9 Å². The first-order chi connectivity index (χ1) is 12.6. The molecule has 4 nitrogen and oxygen atoms in total. The highest BCUT2D eigenvalue weighted by molar-refractivity contribution is 7.89. The van der Waals surface area contributed by atoms with E-state index in [1.165, 1.54) is 6.42 Å². The number of likely N-dealkylation sites (tertiary alicyclic amines) is 1. The number of hydrogen-bond donors (Lipinski definition) is 0. The molecule has 136 valence electrons. The van der Waals surface area contributed by atoms with Gasteiger partial charge in [0.25, 0.3) is 10.0 Å². The molecule has 0 spiro atoms. The molecule has 6 heteroatoms. The van der Waals surface area contributed by atoms with Crippen LogP contribution in [0.4, 0.5) is 0 Å². The van der Waals surface area contributed by atoms with Gasteiger partial charge in [-0.1, -0.05) is 41.9 Å². The van der Waals surface area contributed by atoms with Gasteiger partial charge in [-0.3, -0.25) is 0 Å². The Morgan fingerprint density at radius 1 is 0.885 bits per heavy atom. The fraction of sp³-hybridized carbons (Fsp3) is 0.300. The lowest BCUT2D eigenvalue weighted by molar-refractivity contribution is 0.190. The van der Waals surface area contributed by atoms with Crippen molar-refractivity contribution in [2.75, 3.05) is 13.1 Å². The fourth-order valence-electron chi connectivity index (χ4n) is 3.59. The van der Waals surface area contributed by atoms with Gasteiger partial charge in [0.15, 0.2) is 0 Å². The van der Waals surface area contributed by atoms with E-state index in [4.69, 9.17) is 11.6 Å². The van der Waals surface area contributed by atoms with Gasteiger partial charge >= 0.3 is 0 Å². The van der Waals surface area contributed by atoms with E-state index in [1.807, 2.05) is 30.3 Å². The average molecular weight is 389 g/mol. The van der Waals surface area contributed by atoms with E-state index in [1.54, 1.807) is 28.6 Å². The number of nitrogens with zero attached hydrogens (tertiary/aromatic N) is 2. The van der Waals surface area contributed by atoms with Crippen LogP contribution in [-0.2, 0) is 10.0 Å². The van der Waals surface area contributed by atoms with Crippen LogP contribution in [0.5, 0.6) is 0 Å². The second kappa shape index (κ2) is 6.97. The smallest absolute Gasteiger partial charge is 0.266 e. The van der Waals surface area contributed by atoms with Gasteiger partial charge in [-0.15, -0.1) is 0 Å². The number of sulfonamides is 1. The van der Waals surface area contributed by atoms with Gasteiger partial charge in [0.2, 0.25) is 0 Å². The molecule has 0 bridgehead atoms. The summed E-state index contributed by atoms with van der Waals surface area (Å²) in [6, 6.07) is 15.9. The van der Waals surface area contributed by atoms with Crippen LogP contribution in [0.15, 0.2) is 71.4 Å². The molecule has 1 atom stereocenters. The lowest BCUT2D eigenvalue weighted by Crippen LogP contribution is -2.48. The minimum absolute atomic E-state index is 0.269. The van der Waals surface area contributed by atoms with Crippen LogP contribution in [0.25, 0.3) is 0 Å². The van der Waals surface area contributed by atoms with Crippen LogP contribution in [0.1, 0.15) is 30.9 Å². The molecular weight excluding hydrogens is 368 g/mol. The van der Waals surface area contributed by atoms with E-state index in [0.717, 1.165) is 37.3 Å². The Morgan fingerprint density at radius 3 is 2.19 bits per heavy atom. The summed E-state index contributed by atoms with van der Waals surface area (Å²) in [6.07, 6.45) is 5.47. The largest absolute Gasteiger partial charge is 0.358 e. The Hall–Kier alpha value is -1.98. The number of benzene rings is 2. The van der Waals surface area contributed by atoms with Gasteiger partial charge in [-0.05, 0) is 55.2 Å². The van der Waals surface area contributed by atoms with Crippen molar-refractivity contribution in [3.8, 4) is 0 Å². The standard InChI is InChI=1S/C20H21ClN2O2S/c21-17-9-11-18(12-10-17)26(24,25)23-19(16-7-3-1-4-8-16)15-20(23)22-13-5-2-6-14-22/h1,3-4,7-12,15,19H,2,5-6,13-14H2. The Labute approximate surface area is 159 Å². The second-order valence-electron chi connectivity index (χ2n) is 6.68. The molecule has 1 saturated heterocycles. The summed E-state index contributed by atoms with van der Waals surface area (Å²) < 4.78 is 28.3. The van der Waals surface area contributed by atoms with Crippen LogP contribution < -0.4 is 0 Å². The van der Waals surface area contributed by atoms with Crippen molar-refractivity contribution in [3.05, 3.63) is 77.1 Å². The summed E-state index contributed by atoms with van der Waals surface area (Å²) in [5, 5.41) is 0.527. The molecule has 1 fully saturated rings. The Balaban J connectivity index is 1.73. The van der Waals surface area contributed by atoms with Crippen molar-refractivity contribution in [2.24, 2.45) is 0 Å². The van der Waals surface area contributed by atoms with Gasteiger partial charge in [0.1, 0.15) is 5.82 Å². The Morgan fingerprint density at radius 2 is 1.54 bits per heavy atom. The fourth-order valence-corrected chi connectivity index (χ4v) is 5.32. The molecule has 26 heavy (non-hydrogen) atoms. The van der Waals surface area contributed by atoms with Crippen LogP contribution in [0.2, 0.25) is 5.02 Å². The maximum atomic E-state index is 13.4. The molecule has 0 N–H and O–H groups in total. The number of halogens is 1. The SMILES string of the molecule is O=S(=O)(c1ccc(Cl)cc1)N1C(N2CCCCC2)=CC1c1ccccc1. The summed E-state index contributed by atoms with van der Waals surface area (Å²) in [5.74, 6) is 0.800. The van der Waals surface area contributed by atoms with Crippen molar-refractivity contribution in [1.82, 2.24) is 9.21 Å². The molecule has 0 saturated carbocycles. The molecule has 2 heterocycles. The molecule has 0 aromatic heterocycles. The molecule has 2 aromatic rings. The zero-order chi connectivity index (χ0) is 18.1. The van der Waals surface area contributed by atoms with Gasteiger partial charge < -0.3 is 4.90 Å². The minimum atomic E-state index is -3.65. The van der Waals surface area contributed by atoms with Gasteiger partial charge in [-0.25, -0.2) is 12.7 Å². The molecule has 1 unspecified atom stereocenters. The molecule has 2 aliphatic heterocycles. The third kappa shape index (κ3) is 3.10. The van der Waals surface area contributed by atoms with Crippen LogP contribution in [0, 0.1) is 0 Å². The summed E-state index contributed by atoms with van der Waals surface area (Å²) in [4.78, 5) is 2.46. The van der Waals surface area contributed by atoms with Crippen molar-refractivity contribution in [2.45, 2.75) is 30.2 Å². The summed E-state index contributed by atoms with van der Waals surface area (Å²) in [7, 11) is -3.65. The van der Waals surface area contributed by atoms with Crippen LogP contribution in [0.3, 0.4) is 0 Å². The lowest BCUT2D eigenvalue weighted by Gasteiger charge is -2.46. The van der Waals surface area contributed by atoms with Crippen molar-refractivity contribution in [3.63, 3.8) is 0 Å². The molecule has 2 aromatic carbocycles. The molecule has 0 radical (unpaired) electrons. The highest BCUT2D eigenvalue weighted by Gasteiger charge is 2.42. The van der Waals surface area contributed by atoms with Crippen molar-refractivity contribution < 1.29 is 8.42 Å². The topological polar surface area (TPSA) is 40.6 Å². The quantitative estimate of drug-likeness (QED) is 0.778. The molecule has 4 rings (SSSR count). The second-order valence-corrected chi connectivity index (χ2v) is 8.93. The van der Waals surface area contributed by atoms with Gasteiger partial charge in [0, 0.05) is 18.1 Å². The summed E-state index contributed by atoms with van der Waals surface area (Å²) in [6.45, 7) is 1.81. The Bertz CT molecular complexity index is 905.